The first kappa shape index (κ1) is 11.8. The lowest BCUT2D eigenvalue weighted by atomic mass is 10.3. The predicted octanol–water partition coefficient (Wildman–Crippen LogP) is 1.48. The van der Waals surface area contributed by atoms with Crippen molar-refractivity contribution in [1.82, 2.24) is 10.3 Å². The molecule has 0 fully saturated rings. The molecule has 1 amide bonds. The van der Waals surface area contributed by atoms with E-state index in [4.69, 9.17) is 5.73 Å². The second kappa shape index (κ2) is 5.60. The number of hydrogen-bond donors (Lipinski definition) is 2. The lowest BCUT2D eigenvalue weighted by Gasteiger charge is -2.01. The van der Waals surface area contributed by atoms with Crippen molar-refractivity contribution in [2.24, 2.45) is 5.73 Å². The lowest BCUT2D eigenvalue weighted by Crippen LogP contribution is -2.23. The third kappa shape index (κ3) is 3.40. The van der Waals surface area contributed by atoms with E-state index >= 15 is 0 Å². The zero-order valence-corrected chi connectivity index (χ0v) is 10.00. The largest absolute Gasteiger partial charge is 0.448 e. The van der Waals surface area contributed by atoms with Crippen LogP contribution in [0.3, 0.4) is 0 Å². The van der Waals surface area contributed by atoms with Crippen LogP contribution in [0.1, 0.15) is 5.01 Å². The van der Waals surface area contributed by atoms with Crippen LogP contribution in [0.15, 0.2) is 24.3 Å². The molecular weight excluding hydrogens is 238 g/mol. The highest BCUT2D eigenvalue weighted by atomic mass is 32.1. The molecule has 2 aromatic rings. The minimum atomic E-state index is -0.744. The number of carbonyl (C=O) groups excluding carboxylic acids is 1. The summed E-state index contributed by atoms with van der Waals surface area (Å²) >= 11 is 1.66. The average Bonchev–Trinajstić information content (AvgIpc) is 2.70. The van der Waals surface area contributed by atoms with Gasteiger partial charge in [0.25, 0.3) is 0 Å². The Morgan fingerprint density at radius 3 is 3.06 bits per heavy atom. The fourth-order valence-corrected chi connectivity index (χ4v) is 2.35. The number of rotatable bonds is 5. The van der Waals surface area contributed by atoms with E-state index in [1.54, 1.807) is 11.3 Å². The summed E-state index contributed by atoms with van der Waals surface area (Å²) in [5.74, 6) is 0. The van der Waals surface area contributed by atoms with Crippen molar-refractivity contribution in [3.8, 4) is 0 Å². The highest BCUT2D eigenvalue weighted by molar-refractivity contribution is 7.18. The monoisotopic (exact) mass is 251 g/mol. The van der Waals surface area contributed by atoms with Crippen LogP contribution in [0.2, 0.25) is 0 Å². The van der Waals surface area contributed by atoms with Gasteiger partial charge in [-0.15, -0.1) is 11.3 Å². The van der Waals surface area contributed by atoms with Crippen molar-refractivity contribution in [3.63, 3.8) is 0 Å². The number of amides is 1. The topological polar surface area (TPSA) is 77.2 Å². The number of carbonyl (C=O) groups is 1. The quantitative estimate of drug-likeness (QED) is 0.789. The highest BCUT2D eigenvalue weighted by Gasteiger charge is 2.02. The van der Waals surface area contributed by atoms with Crippen LogP contribution in [0.25, 0.3) is 10.2 Å². The Kier molecular flexibility index (Phi) is 3.89. The van der Waals surface area contributed by atoms with Gasteiger partial charge in [0.1, 0.15) is 11.6 Å². The molecule has 2 rings (SSSR count). The van der Waals surface area contributed by atoms with Crippen LogP contribution >= 0.6 is 11.3 Å². The number of nitrogens with one attached hydrogen (secondary N) is 1. The van der Waals surface area contributed by atoms with Gasteiger partial charge in [0.15, 0.2) is 0 Å². The number of para-hydroxylation sites is 1. The number of fused-ring (bicyclic) bond motifs is 1. The zero-order chi connectivity index (χ0) is 12.1. The van der Waals surface area contributed by atoms with Crippen molar-refractivity contribution in [1.29, 1.82) is 0 Å². The van der Waals surface area contributed by atoms with Crippen molar-refractivity contribution >= 4 is 27.6 Å². The molecule has 90 valence electrons. The Hall–Kier alpha value is -1.66. The number of ether oxygens (including phenoxy) is 1. The molecular formula is C11H13N3O2S. The minimum absolute atomic E-state index is 0.278. The molecule has 0 aliphatic rings. The first-order valence-electron chi connectivity index (χ1n) is 5.23. The third-order valence-corrected chi connectivity index (χ3v) is 3.17. The Labute approximate surface area is 103 Å². The summed E-state index contributed by atoms with van der Waals surface area (Å²) in [5.41, 5.74) is 5.85. The van der Waals surface area contributed by atoms with E-state index in [0.29, 0.717) is 13.1 Å². The number of thiazole rings is 1. The predicted molar refractivity (Wildman–Crippen MR) is 66.9 cm³/mol. The summed E-state index contributed by atoms with van der Waals surface area (Å²) in [6.45, 7) is 1.51. The summed E-state index contributed by atoms with van der Waals surface area (Å²) in [6.07, 6.45) is -0.744. The van der Waals surface area contributed by atoms with Gasteiger partial charge in [0.05, 0.1) is 10.2 Å². The van der Waals surface area contributed by atoms with Gasteiger partial charge in [0.2, 0.25) is 0 Å². The Morgan fingerprint density at radius 2 is 2.29 bits per heavy atom. The summed E-state index contributed by atoms with van der Waals surface area (Å²) in [6, 6.07) is 8.01. The summed E-state index contributed by atoms with van der Waals surface area (Å²) in [5, 5.41) is 4.15. The molecule has 0 bridgehead atoms. The molecule has 6 heteroatoms. The Balaban J connectivity index is 1.81. The maximum atomic E-state index is 10.3. The maximum Gasteiger partial charge on any atom is 0.404 e. The van der Waals surface area contributed by atoms with Crippen molar-refractivity contribution in [3.05, 3.63) is 29.3 Å². The maximum absolute atomic E-state index is 10.3. The Morgan fingerprint density at radius 1 is 1.47 bits per heavy atom. The summed E-state index contributed by atoms with van der Waals surface area (Å²) in [4.78, 5) is 14.8. The van der Waals surface area contributed by atoms with Gasteiger partial charge in [-0.1, -0.05) is 12.1 Å². The van der Waals surface area contributed by atoms with E-state index in [-0.39, 0.29) is 6.61 Å². The fraction of sp³-hybridized carbons (Fsp3) is 0.273. The minimum Gasteiger partial charge on any atom is -0.448 e. The van der Waals surface area contributed by atoms with Crippen LogP contribution in [-0.2, 0) is 11.3 Å². The molecule has 0 radical (unpaired) electrons. The van der Waals surface area contributed by atoms with Crippen LogP contribution in [0, 0.1) is 0 Å². The second-order valence-corrected chi connectivity index (χ2v) is 4.53. The standard InChI is InChI=1S/C11H13N3O2S/c12-11(15)16-6-5-13-7-10-14-8-3-1-2-4-9(8)17-10/h1-4,13H,5-7H2,(H2,12,15). The molecule has 0 saturated heterocycles. The molecule has 1 heterocycles. The summed E-state index contributed by atoms with van der Waals surface area (Å²) in [7, 11) is 0. The van der Waals surface area contributed by atoms with Crippen LogP contribution in [0.5, 0.6) is 0 Å². The van der Waals surface area contributed by atoms with Crippen molar-refractivity contribution < 1.29 is 9.53 Å². The molecule has 0 aliphatic heterocycles. The van der Waals surface area contributed by atoms with Gasteiger partial charge in [0, 0.05) is 13.1 Å². The van der Waals surface area contributed by atoms with E-state index in [1.807, 2.05) is 24.3 Å². The molecule has 0 aliphatic carbocycles. The number of hydrogen-bond acceptors (Lipinski definition) is 5. The van der Waals surface area contributed by atoms with E-state index in [0.717, 1.165) is 10.5 Å². The normalized spacial score (nSPS) is 10.6. The van der Waals surface area contributed by atoms with Gasteiger partial charge >= 0.3 is 6.09 Å². The molecule has 17 heavy (non-hydrogen) atoms. The highest BCUT2D eigenvalue weighted by Crippen LogP contribution is 2.20. The number of nitrogens with two attached hydrogens (primary N) is 1. The fourth-order valence-electron chi connectivity index (χ4n) is 1.41. The van der Waals surface area contributed by atoms with Gasteiger partial charge in [-0.2, -0.15) is 0 Å². The average molecular weight is 251 g/mol. The first-order valence-corrected chi connectivity index (χ1v) is 6.05. The lowest BCUT2D eigenvalue weighted by molar-refractivity contribution is 0.157. The first-order chi connectivity index (χ1) is 8.25. The van der Waals surface area contributed by atoms with Gasteiger partial charge in [-0.25, -0.2) is 9.78 Å². The van der Waals surface area contributed by atoms with Gasteiger partial charge in [-0.05, 0) is 12.1 Å². The molecule has 0 atom stereocenters. The van der Waals surface area contributed by atoms with Gasteiger partial charge < -0.3 is 15.8 Å². The number of benzene rings is 1. The van der Waals surface area contributed by atoms with Crippen molar-refractivity contribution in [2.45, 2.75) is 6.54 Å². The van der Waals surface area contributed by atoms with E-state index in [9.17, 15) is 4.79 Å². The molecule has 1 aromatic heterocycles. The van der Waals surface area contributed by atoms with Crippen LogP contribution in [0.4, 0.5) is 4.79 Å². The number of aromatic nitrogens is 1. The number of nitrogens with zero attached hydrogens (tertiary/aromatic N) is 1. The molecule has 3 N–H and O–H groups in total. The SMILES string of the molecule is NC(=O)OCCNCc1nc2ccccc2s1. The number of primary amides is 1. The van der Waals surface area contributed by atoms with E-state index in [2.05, 4.69) is 15.0 Å². The third-order valence-electron chi connectivity index (χ3n) is 2.14. The smallest absolute Gasteiger partial charge is 0.404 e. The van der Waals surface area contributed by atoms with Crippen LogP contribution < -0.4 is 11.1 Å². The molecule has 5 nitrogen and oxygen atoms in total. The van der Waals surface area contributed by atoms with Gasteiger partial charge in [-0.3, -0.25) is 0 Å². The second-order valence-electron chi connectivity index (χ2n) is 3.42. The zero-order valence-electron chi connectivity index (χ0n) is 9.18. The van der Waals surface area contributed by atoms with E-state index in [1.165, 1.54) is 4.70 Å². The van der Waals surface area contributed by atoms with Crippen LogP contribution in [-0.4, -0.2) is 24.2 Å². The molecule has 1 aromatic carbocycles. The molecule has 0 spiro atoms. The summed E-state index contributed by atoms with van der Waals surface area (Å²) < 4.78 is 5.78. The van der Waals surface area contributed by atoms with Crippen molar-refractivity contribution in [2.75, 3.05) is 13.2 Å². The molecule has 0 unspecified atom stereocenters. The molecule has 0 saturated carbocycles. The Bertz CT molecular complexity index is 479. The van der Waals surface area contributed by atoms with E-state index < -0.39 is 6.09 Å².